The topological polar surface area (TPSA) is 0 Å². The van der Waals surface area contributed by atoms with Crippen LogP contribution in [-0.2, 0) is 0 Å². The molecule has 22 heavy (non-hydrogen) atoms. The van der Waals surface area contributed by atoms with Gasteiger partial charge in [0.05, 0.1) is 0 Å². The van der Waals surface area contributed by atoms with E-state index in [9.17, 15) is 0 Å². The summed E-state index contributed by atoms with van der Waals surface area (Å²) < 4.78 is 0. The number of rotatable bonds is 0. The van der Waals surface area contributed by atoms with Crippen molar-refractivity contribution in [2.45, 2.75) is 0 Å². The summed E-state index contributed by atoms with van der Waals surface area (Å²) in [5.41, 5.74) is 0. The molecule has 5 aromatic carbocycles. The maximum atomic E-state index is 3.38. The Hall–Kier alpha value is -3.04. The first-order valence-electron chi connectivity index (χ1n) is 7.48. The first kappa shape index (κ1) is 11.6. The van der Waals surface area contributed by atoms with Crippen molar-refractivity contribution in [1.82, 2.24) is 0 Å². The van der Waals surface area contributed by atoms with Gasteiger partial charge < -0.3 is 0 Å². The number of hydrogen-bond acceptors (Lipinski definition) is 0. The quantitative estimate of drug-likeness (QED) is 0.330. The molecular formula is C22H12. The van der Waals surface area contributed by atoms with E-state index in [-0.39, 0.29) is 0 Å². The molecule has 0 radical (unpaired) electrons. The van der Waals surface area contributed by atoms with Gasteiger partial charge in [0.25, 0.3) is 0 Å². The second-order valence-corrected chi connectivity index (χ2v) is 5.67. The van der Waals surface area contributed by atoms with Gasteiger partial charge in [-0.3, -0.25) is 0 Å². The van der Waals surface area contributed by atoms with Gasteiger partial charge in [0.2, 0.25) is 0 Å². The molecular weight excluding hydrogens is 264 g/mol. The van der Waals surface area contributed by atoms with Crippen LogP contribution in [0.5, 0.6) is 0 Å². The van der Waals surface area contributed by atoms with E-state index in [0.717, 1.165) is 10.8 Å². The molecule has 0 saturated carbocycles. The van der Waals surface area contributed by atoms with E-state index in [1.54, 1.807) is 0 Å². The fraction of sp³-hybridized carbons (Fsp3) is 0. The van der Waals surface area contributed by atoms with Crippen molar-refractivity contribution in [1.29, 1.82) is 0 Å². The van der Waals surface area contributed by atoms with E-state index in [1.807, 2.05) is 0 Å². The average molecular weight is 276 g/mol. The van der Waals surface area contributed by atoms with Gasteiger partial charge in [0.1, 0.15) is 0 Å². The third kappa shape index (κ3) is 1.48. The van der Waals surface area contributed by atoms with E-state index >= 15 is 0 Å². The predicted molar refractivity (Wildman–Crippen MR) is 94.1 cm³/mol. The lowest BCUT2D eigenvalue weighted by Gasteiger charge is -2.07. The molecule has 5 aromatic rings. The third-order valence-corrected chi connectivity index (χ3v) is 4.45. The van der Waals surface area contributed by atoms with E-state index in [1.165, 1.54) is 32.3 Å². The Morgan fingerprint density at radius 3 is 2.05 bits per heavy atom. The van der Waals surface area contributed by atoms with Crippen LogP contribution in [0.2, 0.25) is 0 Å². The molecule has 0 fully saturated rings. The van der Waals surface area contributed by atoms with Crippen LogP contribution in [0.4, 0.5) is 0 Å². The van der Waals surface area contributed by atoms with E-state index in [4.69, 9.17) is 0 Å². The SMILES string of the molecule is c1c2ccc3ccccc3c2c2ccc3ccccc3c2c#1. The second kappa shape index (κ2) is 4.23. The Bertz CT molecular complexity index is 1170. The van der Waals surface area contributed by atoms with Crippen LogP contribution in [0.25, 0.3) is 43.1 Å². The maximum absolute atomic E-state index is 3.38. The van der Waals surface area contributed by atoms with Gasteiger partial charge in [-0.15, -0.1) is 0 Å². The molecule has 0 aliphatic heterocycles. The molecule has 100 valence electrons. The Morgan fingerprint density at radius 2 is 1.18 bits per heavy atom. The number of benzene rings is 4. The van der Waals surface area contributed by atoms with Crippen molar-refractivity contribution in [2.75, 3.05) is 0 Å². The van der Waals surface area contributed by atoms with Gasteiger partial charge in [-0.2, -0.15) is 0 Å². The lowest BCUT2D eigenvalue weighted by atomic mass is 9.95. The normalized spacial score (nSPS) is 11.3. The van der Waals surface area contributed by atoms with Crippen LogP contribution >= 0.6 is 0 Å². The maximum Gasteiger partial charge on any atom is 0.0406 e. The summed E-state index contributed by atoms with van der Waals surface area (Å²) in [6.07, 6.45) is 0. The molecule has 0 N–H and O–H groups in total. The molecule has 0 unspecified atom stereocenters. The minimum Gasteiger partial charge on any atom is -0.0616 e. The lowest BCUT2D eigenvalue weighted by Crippen LogP contribution is -1.81. The van der Waals surface area contributed by atoms with Crippen molar-refractivity contribution < 1.29 is 0 Å². The molecule has 0 bridgehead atoms. The summed E-state index contributed by atoms with van der Waals surface area (Å²) in [5, 5.41) is 9.85. The molecule has 5 rings (SSSR count). The standard InChI is InChI=1S/C22H12/c1-3-7-18-15(5-1)11-14-21-20(18)13-12-17-10-9-16-6-2-4-8-19(16)22(17)21/h1-11,14H. The molecule has 0 atom stereocenters. The van der Waals surface area contributed by atoms with Gasteiger partial charge >= 0.3 is 0 Å². The van der Waals surface area contributed by atoms with Crippen molar-refractivity contribution in [3.8, 4) is 0 Å². The van der Waals surface area contributed by atoms with Crippen molar-refractivity contribution in [3.63, 3.8) is 0 Å². The zero-order chi connectivity index (χ0) is 14.5. The van der Waals surface area contributed by atoms with Gasteiger partial charge in [-0.25, -0.2) is 0 Å². The van der Waals surface area contributed by atoms with Gasteiger partial charge in [0.15, 0.2) is 0 Å². The summed E-state index contributed by atoms with van der Waals surface area (Å²) in [5.74, 6) is 0. The lowest BCUT2D eigenvalue weighted by molar-refractivity contribution is 1.78. The molecule has 0 aromatic heterocycles. The van der Waals surface area contributed by atoms with Gasteiger partial charge in [-0.05, 0) is 33.0 Å². The molecule has 0 aliphatic rings. The predicted octanol–water partition coefficient (Wildman–Crippen LogP) is 5.90. The zero-order valence-corrected chi connectivity index (χ0v) is 11.9. The highest BCUT2D eigenvalue weighted by molar-refractivity contribution is 6.23. The summed E-state index contributed by atoms with van der Waals surface area (Å²) >= 11 is 0. The molecule has 0 nitrogen and oxygen atoms in total. The van der Waals surface area contributed by atoms with Gasteiger partial charge in [-0.1, -0.05) is 78.9 Å². The number of fused-ring (bicyclic) bond motifs is 7. The van der Waals surface area contributed by atoms with E-state index in [2.05, 4.69) is 84.9 Å². The zero-order valence-electron chi connectivity index (χ0n) is 11.9. The highest BCUT2D eigenvalue weighted by Crippen LogP contribution is 2.33. The summed E-state index contributed by atoms with van der Waals surface area (Å²) in [4.78, 5) is 0. The second-order valence-electron chi connectivity index (χ2n) is 5.67. The highest BCUT2D eigenvalue weighted by atomic mass is 14.1. The van der Waals surface area contributed by atoms with Crippen molar-refractivity contribution in [3.05, 3.63) is 84.9 Å². The highest BCUT2D eigenvalue weighted by Gasteiger charge is 2.06. The Morgan fingerprint density at radius 1 is 0.500 bits per heavy atom. The van der Waals surface area contributed by atoms with Gasteiger partial charge in [0, 0.05) is 16.2 Å². The van der Waals surface area contributed by atoms with Crippen LogP contribution in [0.3, 0.4) is 0 Å². The van der Waals surface area contributed by atoms with Crippen LogP contribution in [0.1, 0.15) is 0 Å². The van der Waals surface area contributed by atoms with Crippen LogP contribution < -0.4 is 0 Å². The van der Waals surface area contributed by atoms with Crippen LogP contribution in [-0.4, -0.2) is 0 Å². The minimum absolute atomic E-state index is 1.13. The van der Waals surface area contributed by atoms with E-state index < -0.39 is 0 Å². The molecule has 0 saturated heterocycles. The van der Waals surface area contributed by atoms with Crippen molar-refractivity contribution >= 4 is 43.1 Å². The Kier molecular flexibility index (Phi) is 2.23. The average Bonchev–Trinajstić information content (AvgIpc) is 2.60. The third-order valence-electron chi connectivity index (χ3n) is 4.45. The Balaban J connectivity index is 2.11. The summed E-state index contributed by atoms with van der Waals surface area (Å²) in [6, 6.07) is 32.5. The fourth-order valence-electron chi connectivity index (χ4n) is 3.41. The molecule has 0 spiro atoms. The number of hydrogen-bond donors (Lipinski definition) is 0. The molecule has 0 heteroatoms. The smallest absolute Gasteiger partial charge is 0.0406 e. The van der Waals surface area contributed by atoms with E-state index in [0.29, 0.717) is 0 Å². The van der Waals surface area contributed by atoms with Crippen molar-refractivity contribution in [2.24, 2.45) is 0 Å². The first-order chi connectivity index (χ1) is 10.9. The Labute approximate surface area is 128 Å². The molecule has 0 aliphatic carbocycles. The minimum atomic E-state index is 1.13. The molecule has 0 heterocycles. The summed E-state index contributed by atoms with van der Waals surface area (Å²) in [7, 11) is 0. The monoisotopic (exact) mass is 276 g/mol. The fourth-order valence-corrected chi connectivity index (χ4v) is 3.41. The van der Waals surface area contributed by atoms with Crippen LogP contribution in [0.15, 0.2) is 72.8 Å². The summed E-state index contributed by atoms with van der Waals surface area (Å²) in [6.45, 7) is 0. The molecule has 0 amide bonds. The first-order valence-corrected chi connectivity index (χ1v) is 7.48. The largest absolute Gasteiger partial charge is 0.0616 e. The van der Waals surface area contributed by atoms with Crippen LogP contribution in [0, 0.1) is 12.1 Å².